The molecule has 1 saturated carbocycles. The van der Waals surface area contributed by atoms with Crippen molar-refractivity contribution >= 4 is 5.97 Å². The van der Waals surface area contributed by atoms with Crippen LogP contribution >= 0.6 is 0 Å². The maximum atomic E-state index is 11.8. The van der Waals surface area contributed by atoms with Gasteiger partial charge in [0.25, 0.3) is 0 Å². The highest BCUT2D eigenvalue weighted by atomic mass is 16.6. The Balaban J connectivity index is 1.83. The van der Waals surface area contributed by atoms with Gasteiger partial charge in [0.2, 0.25) is 0 Å². The predicted molar refractivity (Wildman–Crippen MR) is 67.2 cm³/mol. The Labute approximate surface area is 112 Å². The second-order valence-electron chi connectivity index (χ2n) is 6.42. The summed E-state index contributed by atoms with van der Waals surface area (Å²) in [6, 6.07) is 0. The molecule has 0 aromatic rings. The molecule has 19 heavy (non-hydrogen) atoms. The van der Waals surface area contributed by atoms with Crippen LogP contribution in [0.4, 0.5) is 0 Å². The quantitative estimate of drug-likeness (QED) is 0.310. The Kier molecular flexibility index (Phi) is 2.03. The van der Waals surface area contributed by atoms with E-state index in [9.17, 15) is 9.90 Å². The minimum absolute atomic E-state index is 0.0109. The smallest absolute Gasteiger partial charge is 0.334 e. The highest BCUT2D eigenvalue weighted by molar-refractivity contribution is 5.91. The second kappa shape index (κ2) is 3.30. The number of esters is 1. The molecular weight excluding hydrogens is 244 g/mol. The molecule has 2 aliphatic carbocycles. The van der Waals surface area contributed by atoms with Crippen LogP contribution in [0.1, 0.15) is 26.7 Å². The van der Waals surface area contributed by atoms with Crippen LogP contribution < -0.4 is 0 Å². The molecule has 2 heterocycles. The van der Waals surface area contributed by atoms with Gasteiger partial charge in [-0.05, 0) is 32.3 Å². The molecule has 3 fully saturated rings. The molecule has 102 valence electrons. The third kappa shape index (κ3) is 1.24. The van der Waals surface area contributed by atoms with Gasteiger partial charge in [-0.15, -0.1) is 0 Å². The van der Waals surface area contributed by atoms with E-state index in [1.54, 1.807) is 0 Å². The summed E-state index contributed by atoms with van der Waals surface area (Å²) in [5.74, 6) is -0.226. The van der Waals surface area contributed by atoms with Crippen LogP contribution in [0.5, 0.6) is 0 Å². The summed E-state index contributed by atoms with van der Waals surface area (Å²) in [6.45, 7) is 7.98. The Morgan fingerprint density at radius 1 is 1.47 bits per heavy atom. The lowest BCUT2D eigenvalue weighted by Gasteiger charge is -2.28. The van der Waals surface area contributed by atoms with Crippen LogP contribution in [0.25, 0.3) is 0 Å². The van der Waals surface area contributed by atoms with Crippen LogP contribution in [0.3, 0.4) is 0 Å². The lowest BCUT2D eigenvalue weighted by atomic mass is 9.81. The van der Waals surface area contributed by atoms with E-state index in [-0.39, 0.29) is 35.6 Å². The SMILES string of the molecule is C=C1C(=O)OC2C1CCC(C)=C1C(O)C3OC3(C)C12. The zero-order chi connectivity index (χ0) is 13.5. The number of ether oxygens (including phenoxy) is 2. The fourth-order valence-corrected chi connectivity index (χ4v) is 4.33. The van der Waals surface area contributed by atoms with Crippen LogP contribution in [-0.2, 0) is 14.3 Å². The van der Waals surface area contributed by atoms with Crippen molar-refractivity contribution in [3.05, 3.63) is 23.3 Å². The molecule has 4 rings (SSSR count). The third-order valence-corrected chi connectivity index (χ3v) is 5.45. The van der Waals surface area contributed by atoms with Crippen LogP contribution in [0, 0.1) is 11.8 Å². The third-order valence-electron chi connectivity index (χ3n) is 5.45. The average molecular weight is 262 g/mol. The number of rotatable bonds is 0. The van der Waals surface area contributed by atoms with Crippen molar-refractivity contribution < 1.29 is 19.4 Å². The van der Waals surface area contributed by atoms with Crippen molar-refractivity contribution in [3.8, 4) is 0 Å². The first-order valence-electron chi connectivity index (χ1n) is 6.90. The summed E-state index contributed by atoms with van der Waals surface area (Å²) in [7, 11) is 0. The van der Waals surface area contributed by atoms with Gasteiger partial charge < -0.3 is 14.6 Å². The Morgan fingerprint density at radius 3 is 2.95 bits per heavy atom. The Bertz CT molecular complexity index is 534. The van der Waals surface area contributed by atoms with Gasteiger partial charge in [0.1, 0.15) is 23.9 Å². The molecule has 0 bridgehead atoms. The number of carbonyl (C=O) groups is 1. The van der Waals surface area contributed by atoms with Crippen LogP contribution in [0.15, 0.2) is 23.3 Å². The number of hydrogen-bond donors (Lipinski definition) is 1. The first kappa shape index (κ1) is 11.7. The zero-order valence-corrected chi connectivity index (χ0v) is 11.2. The van der Waals surface area contributed by atoms with Gasteiger partial charge in [0.15, 0.2) is 0 Å². The molecule has 0 aromatic carbocycles. The number of fused-ring (bicyclic) bond motifs is 5. The monoisotopic (exact) mass is 262 g/mol. The van der Waals surface area contributed by atoms with E-state index >= 15 is 0 Å². The Hall–Kier alpha value is -1.13. The maximum Gasteiger partial charge on any atom is 0.334 e. The maximum absolute atomic E-state index is 11.8. The molecule has 2 saturated heterocycles. The van der Waals surface area contributed by atoms with Gasteiger partial charge in [-0.25, -0.2) is 4.79 Å². The summed E-state index contributed by atoms with van der Waals surface area (Å²) in [4.78, 5) is 11.8. The number of epoxide rings is 1. The summed E-state index contributed by atoms with van der Waals surface area (Å²) in [6.07, 6.45) is 0.881. The summed E-state index contributed by atoms with van der Waals surface area (Å²) in [5.41, 5.74) is 2.50. The molecule has 4 nitrogen and oxygen atoms in total. The standard InChI is InChI=1S/C15H18O4/c1-6-4-5-8-7(2)14(17)18-12(8)10-9(6)11(16)13-15(10,3)19-13/h8,10-13,16H,2,4-5H2,1,3H3. The molecule has 0 aromatic heterocycles. The van der Waals surface area contributed by atoms with E-state index in [0.717, 1.165) is 18.4 Å². The number of allylic oxidation sites excluding steroid dienone is 1. The fraction of sp³-hybridized carbons (Fsp3) is 0.667. The summed E-state index contributed by atoms with van der Waals surface area (Å²) < 4.78 is 11.3. The summed E-state index contributed by atoms with van der Waals surface area (Å²) in [5, 5.41) is 10.4. The topological polar surface area (TPSA) is 59.1 Å². The normalized spacial score (nSPS) is 51.4. The van der Waals surface area contributed by atoms with Crippen molar-refractivity contribution in [2.75, 3.05) is 0 Å². The van der Waals surface area contributed by atoms with Crippen molar-refractivity contribution in [2.24, 2.45) is 11.8 Å². The largest absolute Gasteiger partial charge is 0.458 e. The molecule has 6 unspecified atom stereocenters. The second-order valence-corrected chi connectivity index (χ2v) is 6.42. The van der Waals surface area contributed by atoms with E-state index in [2.05, 4.69) is 13.5 Å². The van der Waals surface area contributed by atoms with Gasteiger partial charge in [-0.3, -0.25) is 0 Å². The van der Waals surface area contributed by atoms with Crippen molar-refractivity contribution in [1.29, 1.82) is 0 Å². The van der Waals surface area contributed by atoms with E-state index in [4.69, 9.17) is 9.47 Å². The first-order chi connectivity index (χ1) is 8.95. The van der Waals surface area contributed by atoms with Gasteiger partial charge in [0, 0.05) is 11.5 Å². The molecule has 4 aliphatic rings. The van der Waals surface area contributed by atoms with E-state index in [1.165, 1.54) is 5.57 Å². The molecule has 0 amide bonds. The molecule has 0 spiro atoms. The van der Waals surface area contributed by atoms with E-state index < -0.39 is 6.10 Å². The first-order valence-corrected chi connectivity index (χ1v) is 6.90. The highest BCUT2D eigenvalue weighted by Crippen LogP contribution is 2.61. The predicted octanol–water partition coefficient (Wildman–Crippen LogP) is 1.34. The van der Waals surface area contributed by atoms with Crippen molar-refractivity contribution in [1.82, 2.24) is 0 Å². The molecule has 2 aliphatic heterocycles. The fourth-order valence-electron chi connectivity index (χ4n) is 4.33. The number of hydrogen-bond acceptors (Lipinski definition) is 4. The molecular formula is C15H18O4. The van der Waals surface area contributed by atoms with Gasteiger partial charge in [-0.2, -0.15) is 0 Å². The highest BCUT2D eigenvalue weighted by Gasteiger charge is 2.72. The van der Waals surface area contributed by atoms with E-state index in [0.29, 0.717) is 5.57 Å². The molecule has 0 radical (unpaired) electrons. The van der Waals surface area contributed by atoms with Gasteiger partial charge in [0.05, 0.1) is 5.92 Å². The minimum Gasteiger partial charge on any atom is -0.458 e. The zero-order valence-electron chi connectivity index (χ0n) is 11.2. The lowest BCUT2D eigenvalue weighted by molar-refractivity contribution is -0.141. The molecule has 1 N–H and O–H groups in total. The van der Waals surface area contributed by atoms with Crippen LogP contribution in [0.2, 0.25) is 0 Å². The number of aliphatic hydroxyl groups excluding tert-OH is 1. The summed E-state index contributed by atoms with van der Waals surface area (Å²) >= 11 is 0. The van der Waals surface area contributed by atoms with Crippen molar-refractivity contribution in [3.63, 3.8) is 0 Å². The molecule has 4 heteroatoms. The van der Waals surface area contributed by atoms with Crippen molar-refractivity contribution in [2.45, 2.75) is 50.6 Å². The number of aliphatic hydroxyl groups is 1. The Morgan fingerprint density at radius 2 is 2.21 bits per heavy atom. The number of carbonyl (C=O) groups excluding carboxylic acids is 1. The van der Waals surface area contributed by atoms with E-state index in [1.807, 2.05) is 6.92 Å². The average Bonchev–Trinajstić information content (AvgIpc) is 2.94. The van der Waals surface area contributed by atoms with Gasteiger partial charge in [-0.1, -0.05) is 12.2 Å². The van der Waals surface area contributed by atoms with Crippen LogP contribution in [-0.4, -0.2) is 35.0 Å². The lowest BCUT2D eigenvalue weighted by Crippen LogP contribution is -2.35. The minimum atomic E-state index is -0.540. The van der Waals surface area contributed by atoms with Gasteiger partial charge >= 0.3 is 5.97 Å². The molecule has 6 atom stereocenters.